The lowest BCUT2D eigenvalue weighted by Crippen LogP contribution is -2.44. The summed E-state index contributed by atoms with van der Waals surface area (Å²) in [5.41, 5.74) is 2.88. The highest BCUT2D eigenvalue weighted by molar-refractivity contribution is 5.61. The first kappa shape index (κ1) is 24.4. The first-order chi connectivity index (χ1) is 17.0. The monoisotopic (exact) mass is 481 g/mol. The summed E-state index contributed by atoms with van der Waals surface area (Å²) in [4.78, 5) is 21.9. The Kier molecular flexibility index (Phi) is 7.48. The van der Waals surface area contributed by atoms with Crippen molar-refractivity contribution < 1.29 is 9.47 Å². The molecule has 2 fully saturated rings. The molecule has 1 N–H and O–H groups in total. The van der Waals surface area contributed by atoms with Crippen molar-refractivity contribution in [3.05, 3.63) is 29.6 Å². The molecule has 3 aliphatic heterocycles. The third kappa shape index (κ3) is 6.09. The van der Waals surface area contributed by atoms with Gasteiger partial charge in [-0.25, -0.2) is 15.0 Å². The van der Waals surface area contributed by atoms with Crippen LogP contribution in [0.25, 0.3) is 11.4 Å². The average molecular weight is 482 g/mol. The van der Waals surface area contributed by atoms with Gasteiger partial charge in [-0.15, -0.1) is 0 Å². The van der Waals surface area contributed by atoms with Crippen LogP contribution in [0.5, 0.6) is 0 Å². The van der Waals surface area contributed by atoms with Crippen LogP contribution in [0.1, 0.15) is 31.5 Å². The molecule has 9 nitrogen and oxygen atoms in total. The molecule has 5 heterocycles. The Morgan fingerprint density at radius 1 is 1.03 bits per heavy atom. The van der Waals surface area contributed by atoms with Gasteiger partial charge in [0.2, 0.25) is 0 Å². The van der Waals surface area contributed by atoms with Gasteiger partial charge >= 0.3 is 0 Å². The quantitative estimate of drug-likeness (QED) is 0.599. The van der Waals surface area contributed by atoms with Gasteiger partial charge in [0.1, 0.15) is 11.6 Å². The highest BCUT2D eigenvalue weighted by Gasteiger charge is 2.30. The first-order valence-corrected chi connectivity index (χ1v) is 12.9. The summed E-state index contributed by atoms with van der Waals surface area (Å²) >= 11 is 0. The van der Waals surface area contributed by atoms with Crippen LogP contribution in [-0.2, 0) is 22.5 Å². The third-order valence-electron chi connectivity index (χ3n) is 7.17. The summed E-state index contributed by atoms with van der Waals surface area (Å²) in [6.45, 7) is 14.6. The van der Waals surface area contributed by atoms with Gasteiger partial charge < -0.3 is 24.6 Å². The lowest BCUT2D eigenvalue weighted by molar-refractivity contribution is -0.0411. The molecular weight excluding hydrogens is 442 g/mol. The predicted octanol–water partition coefficient (Wildman–Crippen LogP) is 2.28. The molecule has 0 radical (unpaired) electrons. The van der Waals surface area contributed by atoms with E-state index in [-0.39, 0.29) is 5.60 Å². The van der Waals surface area contributed by atoms with E-state index in [2.05, 4.69) is 53.0 Å². The summed E-state index contributed by atoms with van der Waals surface area (Å²) in [6, 6.07) is 4.21. The van der Waals surface area contributed by atoms with Crippen molar-refractivity contribution in [2.45, 2.75) is 38.9 Å². The van der Waals surface area contributed by atoms with Crippen LogP contribution in [0.4, 0.5) is 11.6 Å². The third-order valence-corrected chi connectivity index (χ3v) is 7.17. The molecule has 0 atom stereocenters. The first-order valence-electron chi connectivity index (χ1n) is 12.9. The molecule has 2 aromatic heterocycles. The second-order valence-corrected chi connectivity index (χ2v) is 10.5. The lowest BCUT2D eigenvalue weighted by atomic mass is 9.96. The van der Waals surface area contributed by atoms with Crippen LogP contribution in [-0.4, -0.2) is 103 Å². The smallest absolute Gasteiger partial charge is 0.163 e. The molecule has 0 aliphatic carbocycles. The Morgan fingerprint density at radius 2 is 1.83 bits per heavy atom. The molecular formula is C26H39N7O2. The van der Waals surface area contributed by atoms with Gasteiger partial charge in [-0.1, -0.05) is 0 Å². The van der Waals surface area contributed by atoms with Gasteiger partial charge in [0.05, 0.1) is 31.1 Å². The van der Waals surface area contributed by atoms with E-state index in [4.69, 9.17) is 24.4 Å². The Morgan fingerprint density at radius 3 is 2.57 bits per heavy atom. The number of hydrogen-bond acceptors (Lipinski definition) is 9. The molecule has 2 aromatic rings. The van der Waals surface area contributed by atoms with Crippen LogP contribution >= 0.6 is 0 Å². The Labute approximate surface area is 208 Å². The van der Waals surface area contributed by atoms with Crippen LogP contribution in [0.3, 0.4) is 0 Å². The maximum atomic E-state index is 6.11. The molecule has 35 heavy (non-hydrogen) atoms. The van der Waals surface area contributed by atoms with Gasteiger partial charge in [-0.3, -0.25) is 4.90 Å². The summed E-state index contributed by atoms with van der Waals surface area (Å²) in [5, 5.41) is 3.59. The zero-order valence-electron chi connectivity index (χ0n) is 21.4. The minimum absolute atomic E-state index is 0.226. The van der Waals surface area contributed by atoms with Crippen molar-refractivity contribution >= 4 is 11.6 Å². The summed E-state index contributed by atoms with van der Waals surface area (Å²) in [5.74, 6) is 2.65. The van der Waals surface area contributed by atoms with Crippen LogP contribution < -0.4 is 10.2 Å². The molecule has 0 saturated carbocycles. The number of aromatic nitrogens is 3. The Balaban J connectivity index is 1.31. The number of anilines is 2. The number of ether oxygens (including phenoxy) is 2. The zero-order chi connectivity index (χ0) is 24.3. The van der Waals surface area contributed by atoms with Crippen molar-refractivity contribution in [2.24, 2.45) is 0 Å². The second kappa shape index (κ2) is 10.7. The minimum Gasteiger partial charge on any atom is -0.379 e. The summed E-state index contributed by atoms with van der Waals surface area (Å²) in [6.07, 6.45) is 3.75. The van der Waals surface area contributed by atoms with E-state index >= 15 is 0 Å². The van der Waals surface area contributed by atoms with Gasteiger partial charge in [0.15, 0.2) is 5.82 Å². The maximum absolute atomic E-state index is 6.11. The molecule has 3 aliphatic rings. The number of fused-ring (bicyclic) bond motifs is 1. The van der Waals surface area contributed by atoms with Crippen molar-refractivity contribution in [2.75, 3.05) is 82.8 Å². The van der Waals surface area contributed by atoms with Gasteiger partial charge in [-0.2, -0.15) is 0 Å². The van der Waals surface area contributed by atoms with Crippen molar-refractivity contribution in [1.82, 2.24) is 24.8 Å². The van der Waals surface area contributed by atoms with Crippen LogP contribution in [0.2, 0.25) is 0 Å². The molecule has 0 amide bonds. The number of hydrogen-bond donors (Lipinski definition) is 1. The molecule has 5 rings (SSSR count). The largest absolute Gasteiger partial charge is 0.379 e. The van der Waals surface area contributed by atoms with E-state index in [0.29, 0.717) is 6.61 Å². The number of piperazine rings is 1. The highest BCUT2D eigenvalue weighted by atomic mass is 16.5. The molecule has 2 saturated heterocycles. The van der Waals surface area contributed by atoms with Crippen LogP contribution in [0, 0.1) is 0 Å². The fourth-order valence-corrected chi connectivity index (χ4v) is 4.90. The van der Waals surface area contributed by atoms with E-state index in [9.17, 15) is 0 Å². The molecule has 190 valence electrons. The van der Waals surface area contributed by atoms with Crippen molar-refractivity contribution in [3.8, 4) is 11.4 Å². The van der Waals surface area contributed by atoms with E-state index < -0.39 is 0 Å². The Hall–Kier alpha value is -2.33. The molecule has 0 unspecified atom stereocenters. The fraction of sp³-hybridized carbons (Fsp3) is 0.654. The molecule has 0 spiro atoms. The number of pyridine rings is 1. The van der Waals surface area contributed by atoms with Crippen LogP contribution in [0.15, 0.2) is 18.3 Å². The molecule has 0 bridgehead atoms. The highest BCUT2D eigenvalue weighted by Crippen LogP contribution is 2.32. The average Bonchev–Trinajstić information content (AvgIpc) is 2.87. The molecule has 0 aromatic carbocycles. The standard InChI is InChI=1S/C26H39N7O2/c1-26(2)17-22-21(19-35-26)25(27-7-4-8-32-13-15-34-16-14-32)30-24(29-22)20-5-6-23(28-18-20)33-11-9-31(3)10-12-33/h5-6,18H,4,7-17,19H2,1-3H3,(H,27,29,30). The SMILES string of the molecule is CN1CCN(c2ccc(-c3nc4c(c(NCCCN5CCOCC5)n3)COC(C)(C)C4)cn2)CC1. The lowest BCUT2D eigenvalue weighted by Gasteiger charge is -2.33. The van der Waals surface area contributed by atoms with Gasteiger partial charge in [0.25, 0.3) is 0 Å². The van der Waals surface area contributed by atoms with Crippen molar-refractivity contribution in [3.63, 3.8) is 0 Å². The summed E-state index contributed by atoms with van der Waals surface area (Å²) < 4.78 is 11.6. The predicted molar refractivity (Wildman–Crippen MR) is 138 cm³/mol. The maximum Gasteiger partial charge on any atom is 0.163 e. The number of rotatable bonds is 7. The van der Waals surface area contributed by atoms with E-state index in [1.807, 2.05) is 6.20 Å². The van der Waals surface area contributed by atoms with E-state index in [1.54, 1.807) is 0 Å². The normalized spacial score (nSPS) is 21.1. The van der Waals surface area contributed by atoms with Gasteiger partial charge in [0, 0.05) is 69.6 Å². The zero-order valence-corrected chi connectivity index (χ0v) is 21.4. The topological polar surface area (TPSA) is 78.9 Å². The minimum atomic E-state index is -0.226. The molecule has 9 heteroatoms. The Bertz CT molecular complexity index is 984. The number of nitrogens with one attached hydrogen (secondary N) is 1. The van der Waals surface area contributed by atoms with Crippen molar-refractivity contribution in [1.29, 1.82) is 0 Å². The van der Waals surface area contributed by atoms with E-state index in [1.165, 1.54) is 0 Å². The van der Waals surface area contributed by atoms with E-state index in [0.717, 1.165) is 113 Å². The number of morpholine rings is 1. The van der Waals surface area contributed by atoms with Gasteiger partial charge in [-0.05, 0) is 46.0 Å². The number of likely N-dealkylation sites (N-methyl/N-ethyl adjacent to an activating group) is 1. The summed E-state index contributed by atoms with van der Waals surface area (Å²) in [7, 11) is 2.17. The fourth-order valence-electron chi connectivity index (χ4n) is 4.90. The second-order valence-electron chi connectivity index (χ2n) is 10.5. The number of nitrogens with zero attached hydrogens (tertiary/aromatic N) is 6.